The Balaban J connectivity index is 2.40. The van der Waals surface area contributed by atoms with Crippen molar-refractivity contribution in [3.63, 3.8) is 0 Å². The van der Waals surface area contributed by atoms with Gasteiger partial charge in [0.05, 0.1) is 13.2 Å². The van der Waals surface area contributed by atoms with Gasteiger partial charge >= 0.3 is 0 Å². The molecule has 25 heavy (non-hydrogen) atoms. The van der Waals surface area contributed by atoms with Crippen LogP contribution in [0.3, 0.4) is 0 Å². The average Bonchev–Trinajstić information content (AvgIpc) is 2.54. The van der Waals surface area contributed by atoms with Crippen molar-refractivity contribution in [1.82, 2.24) is 15.1 Å². The highest BCUT2D eigenvalue weighted by Gasteiger charge is 2.32. The van der Waals surface area contributed by atoms with Crippen molar-refractivity contribution >= 4 is 5.91 Å². The quantitative estimate of drug-likeness (QED) is 0.850. The number of likely N-dealkylation sites (N-methyl/N-ethyl adjacent to an activating group) is 1. The highest BCUT2D eigenvalue weighted by atomic mass is 16.5. The molecule has 0 aliphatic carbocycles. The predicted octanol–water partition coefficient (Wildman–Crippen LogP) is 1.91. The summed E-state index contributed by atoms with van der Waals surface area (Å²) in [6.07, 6.45) is 0.0337. The number of carbonyl (C=O) groups excluding carboxylic acids is 1. The molecule has 140 valence electrons. The van der Waals surface area contributed by atoms with Crippen molar-refractivity contribution in [3.8, 4) is 11.5 Å². The minimum Gasteiger partial charge on any atom is -0.493 e. The molecule has 0 saturated carbocycles. The fourth-order valence-corrected chi connectivity index (χ4v) is 3.16. The third kappa shape index (κ3) is 4.86. The summed E-state index contributed by atoms with van der Waals surface area (Å²) in [5, 5.41) is 3.43. The molecule has 0 radical (unpaired) electrons. The molecule has 1 saturated heterocycles. The third-order valence-corrected chi connectivity index (χ3v) is 4.31. The van der Waals surface area contributed by atoms with Crippen molar-refractivity contribution in [3.05, 3.63) is 23.8 Å². The summed E-state index contributed by atoms with van der Waals surface area (Å²) < 4.78 is 11.3. The summed E-state index contributed by atoms with van der Waals surface area (Å²) in [4.78, 5) is 16.8. The van der Waals surface area contributed by atoms with Gasteiger partial charge in [0, 0.05) is 39.8 Å². The molecule has 1 aliphatic heterocycles. The molecule has 1 fully saturated rings. The van der Waals surface area contributed by atoms with Gasteiger partial charge in [-0.15, -0.1) is 0 Å². The van der Waals surface area contributed by atoms with E-state index in [0.29, 0.717) is 17.5 Å². The van der Waals surface area contributed by atoms with Gasteiger partial charge in [-0.2, -0.15) is 0 Å². The molecule has 2 rings (SSSR count). The molecule has 2 unspecified atom stereocenters. The van der Waals surface area contributed by atoms with Crippen LogP contribution in [-0.4, -0.2) is 68.7 Å². The molecule has 1 aromatic rings. The van der Waals surface area contributed by atoms with E-state index in [1.165, 1.54) is 0 Å². The Kier molecular flexibility index (Phi) is 6.67. The Hall–Kier alpha value is -1.79. The van der Waals surface area contributed by atoms with E-state index < -0.39 is 0 Å². The molecular weight excluding hydrogens is 318 g/mol. The second-order valence-electron chi connectivity index (χ2n) is 7.06. The van der Waals surface area contributed by atoms with Crippen LogP contribution in [-0.2, 0) is 4.79 Å². The van der Waals surface area contributed by atoms with E-state index in [1.807, 2.05) is 32.0 Å². The van der Waals surface area contributed by atoms with E-state index in [9.17, 15) is 4.79 Å². The van der Waals surface area contributed by atoms with Crippen LogP contribution in [0.2, 0.25) is 0 Å². The third-order valence-electron chi connectivity index (χ3n) is 4.31. The smallest absolute Gasteiger partial charge is 0.244 e. The molecule has 0 bridgehead atoms. The van der Waals surface area contributed by atoms with E-state index in [2.05, 4.69) is 17.1 Å². The lowest BCUT2D eigenvalue weighted by molar-refractivity contribution is -0.135. The number of nitrogens with zero attached hydrogens (tertiary/aromatic N) is 2. The summed E-state index contributed by atoms with van der Waals surface area (Å²) in [7, 11) is 5.23. The number of benzene rings is 1. The predicted molar refractivity (Wildman–Crippen MR) is 99.2 cm³/mol. The second kappa shape index (κ2) is 8.54. The lowest BCUT2D eigenvalue weighted by atomic mass is 10.0. The second-order valence-corrected chi connectivity index (χ2v) is 7.06. The molecular formula is C19H31N3O3. The normalized spacial score (nSPS) is 19.6. The van der Waals surface area contributed by atoms with Gasteiger partial charge in [-0.05, 0) is 38.5 Å². The Labute approximate surface area is 151 Å². The molecule has 1 aromatic carbocycles. The highest BCUT2D eigenvalue weighted by molar-refractivity contribution is 5.83. The topological polar surface area (TPSA) is 54.0 Å². The Bertz CT molecular complexity index is 589. The van der Waals surface area contributed by atoms with Gasteiger partial charge in [0.1, 0.15) is 6.04 Å². The number of carbonyl (C=O) groups is 1. The van der Waals surface area contributed by atoms with Crippen molar-refractivity contribution in [2.24, 2.45) is 0 Å². The van der Waals surface area contributed by atoms with Gasteiger partial charge in [-0.1, -0.05) is 6.07 Å². The maximum atomic E-state index is 12.9. The van der Waals surface area contributed by atoms with Crippen LogP contribution in [0.1, 0.15) is 32.4 Å². The zero-order chi connectivity index (χ0) is 18.6. The fourth-order valence-electron chi connectivity index (χ4n) is 3.16. The lowest BCUT2D eigenvalue weighted by Gasteiger charge is -2.38. The first-order valence-electron chi connectivity index (χ1n) is 8.86. The van der Waals surface area contributed by atoms with Gasteiger partial charge < -0.3 is 19.7 Å². The van der Waals surface area contributed by atoms with Crippen LogP contribution in [0.5, 0.6) is 11.5 Å². The molecule has 0 spiro atoms. The molecule has 1 aliphatic rings. The summed E-state index contributed by atoms with van der Waals surface area (Å²) in [5.41, 5.74) is 0.934. The zero-order valence-corrected chi connectivity index (χ0v) is 16.2. The summed E-state index contributed by atoms with van der Waals surface area (Å²) in [5.74, 6) is 1.44. The highest BCUT2D eigenvalue weighted by Crippen LogP contribution is 2.34. The molecule has 2 atom stereocenters. The van der Waals surface area contributed by atoms with E-state index in [0.717, 1.165) is 25.2 Å². The summed E-state index contributed by atoms with van der Waals surface area (Å²) in [6, 6.07) is 5.83. The number of amides is 1. The molecule has 1 amide bonds. The van der Waals surface area contributed by atoms with Crippen molar-refractivity contribution < 1.29 is 14.3 Å². The molecule has 0 aromatic heterocycles. The van der Waals surface area contributed by atoms with Gasteiger partial charge in [0.15, 0.2) is 11.5 Å². The van der Waals surface area contributed by atoms with E-state index in [-0.39, 0.29) is 18.1 Å². The van der Waals surface area contributed by atoms with Crippen LogP contribution in [0.15, 0.2) is 18.2 Å². The van der Waals surface area contributed by atoms with Gasteiger partial charge in [-0.3, -0.25) is 9.69 Å². The van der Waals surface area contributed by atoms with Crippen molar-refractivity contribution in [1.29, 1.82) is 0 Å². The minimum atomic E-state index is -0.319. The molecule has 1 heterocycles. The molecule has 6 heteroatoms. The van der Waals surface area contributed by atoms with Crippen LogP contribution in [0.25, 0.3) is 0 Å². The number of hydrogen-bond donors (Lipinski definition) is 1. The number of piperazine rings is 1. The molecule has 6 nitrogen and oxygen atoms in total. The standard InChI is InChI=1S/C19H31N3O3/c1-13(2)25-17-11-15(7-8-16(17)24-6)18(19(23)21(4)5)22-10-9-20-14(3)12-22/h7-8,11,13-14,18,20H,9-10,12H2,1-6H3. The Morgan fingerprint density at radius 3 is 2.60 bits per heavy atom. The maximum absolute atomic E-state index is 12.9. The largest absolute Gasteiger partial charge is 0.493 e. The van der Waals surface area contributed by atoms with Gasteiger partial charge in [-0.25, -0.2) is 0 Å². The van der Waals surface area contributed by atoms with E-state index in [1.54, 1.807) is 26.1 Å². The van der Waals surface area contributed by atoms with E-state index >= 15 is 0 Å². The van der Waals surface area contributed by atoms with Crippen molar-refractivity contribution in [2.75, 3.05) is 40.8 Å². The zero-order valence-electron chi connectivity index (χ0n) is 16.2. The summed E-state index contributed by atoms with van der Waals surface area (Å²) >= 11 is 0. The number of nitrogens with one attached hydrogen (secondary N) is 1. The van der Waals surface area contributed by atoms with E-state index in [4.69, 9.17) is 9.47 Å². The summed E-state index contributed by atoms with van der Waals surface area (Å²) in [6.45, 7) is 8.64. The first-order chi connectivity index (χ1) is 11.8. The first-order valence-corrected chi connectivity index (χ1v) is 8.86. The maximum Gasteiger partial charge on any atom is 0.244 e. The lowest BCUT2D eigenvalue weighted by Crippen LogP contribution is -2.53. The number of hydrogen-bond acceptors (Lipinski definition) is 5. The van der Waals surface area contributed by atoms with Crippen LogP contribution < -0.4 is 14.8 Å². The van der Waals surface area contributed by atoms with Gasteiger partial charge in [0.2, 0.25) is 5.91 Å². The number of rotatable bonds is 6. The fraction of sp³-hybridized carbons (Fsp3) is 0.632. The average molecular weight is 349 g/mol. The minimum absolute atomic E-state index is 0.0337. The SMILES string of the molecule is COc1ccc(C(C(=O)N(C)C)N2CCNC(C)C2)cc1OC(C)C. The van der Waals surface area contributed by atoms with Crippen LogP contribution in [0, 0.1) is 0 Å². The number of methoxy groups -OCH3 is 1. The Morgan fingerprint density at radius 2 is 2.04 bits per heavy atom. The molecule has 1 N–H and O–H groups in total. The van der Waals surface area contributed by atoms with Crippen molar-refractivity contribution in [2.45, 2.75) is 39.0 Å². The van der Waals surface area contributed by atoms with Crippen LogP contribution >= 0.6 is 0 Å². The van der Waals surface area contributed by atoms with Gasteiger partial charge in [0.25, 0.3) is 0 Å². The van der Waals surface area contributed by atoms with Crippen LogP contribution in [0.4, 0.5) is 0 Å². The monoisotopic (exact) mass is 349 g/mol. The number of ether oxygens (including phenoxy) is 2. The Morgan fingerprint density at radius 1 is 1.32 bits per heavy atom. The first kappa shape index (κ1) is 19.5.